The molecule has 0 atom stereocenters. The third-order valence-electron chi connectivity index (χ3n) is 18.6. The smallest absolute Gasteiger partial charge is 0.160 e. The SMILES string of the molecule is c1ccc(-c2cccc3c2oc2c(N(c4ccccc4)c4ccc5c(c4)C(c4ccccc4)(c4ccccc4)c4cc(N(c6ccccc6)c6cc7ccccc7c7c6oc6c(-c8ccccc8)cccc67)c6ccccc6c4-5)cc4ccccc4c23)cc1. The highest BCUT2D eigenvalue weighted by Gasteiger charge is 2.48. The van der Waals surface area contributed by atoms with Crippen molar-refractivity contribution in [3.8, 4) is 33.4 Å². The molecule has 0 spiro atoms. The first kappa shape index (κ1) is 50.6. The molecule has 416 valence electrons. The van der Waals surface area contributed by atoms with Crippen molar-refractivity contribution in [3.63, 3.8) is 0 Å². The molecule has 1 aliphatic rings. The minimum absolute atomic E-state index is 0.824. The molecule has 15 aromatic carbocycles. The van der Waals surface area contributed by atoms with Crippen LogP contribution in [0.3, 0.4) is 0 Å². The summed E-state index contributed by atoms with van der Waals surface area (Å²) in [6, 6.07) is 119. The van der Waals surface area contributed by atoms with E-state index in [2.05, 4.69) is 337 Å². The normalized spacial score (nSPS) is 12.6. The number of hydrogen-bond donors (Lipinski definition) is 0. The largest absolute Gasteiger partial charge is 0.453 e. The van der Waals surface area contributed by atoms with E-state index in [1.165, 1.54) is 33.4 Å². The molecule has 4 nitrogen and oxygen atoms in total. The Morgan fingerprint density at radius 1 is 0.247 bits per heavy atom. The molecule has 1 aliphatic carbocycles. The molecule has 0 amide bonds. The molecule has 17 aromatic rings. The maximum absolute atomic E-state index is 7.49. The van der Waals surface area contributed by atoms with E-state index in [0.717, 1.165) is 133 Å². The molecule has 0 fully saturated rings. The van der Waals surface area contributed by atoms with E-state index in [9.17, 15) is 0 Å². The van der Waals surface area contributed by atoms with E-state index >= 15 is 0 Å². The number of anilines is 6. The van der Waals surface area contributed by atoms with Gasteiger partial charge in [0.05, 0.1) is 22.5 Å². The van der Waals surface area contributed by atoms with Crippen molar-refractivity contribution >= 4 is 110 Å². The predicted molar refractivity (Wildman–Crippen MR) is 371 cm³/mol. The first-order valence-corrected chi connectivity index (χ1v) is 30.6. The topological polar surface area (TPSA) is 32.8 Å². The van der Waals surface area contributed by atoms with Crippen molar-refractivity contribution in [2.24, 2.45) is 0 Å². The molecule has 0 N–H and O–H groups in total. The van der Waals surface area contributed by atoms with Crippen LogP contribution in [0, 0.1) is 0 Å². The molecular weight excluding hydrogens is 1080 g/mol. The minimum Gasteiger partial charge on any atom is -0.453 e. The van der Waals surface area contributed by atoms with Gasteiger partial charge in [-0.15, -0.1) is 0 Å². The van der Waals surface area contributed by atoms with Crippen LogP contribution in [0.25, 0.3) is 110 Å². The van der Waals surface area contributed by atoms with Gasteiger partial charge in [0.2, 0.25) is 0 Å². The zero-order chi connectivity index (χ0) is 58.6. The maximum atomic E-state index is 7.49. The molecule has 0 unspecified atom stereocenters. The molecule has 89 heavy (non-hydrogen) atoms. The van der Waals surface area contributed by atoms with Gasteiger partial charge in [0.25, 0.3) is 0 Å². The summed E-state index contributed by atoms with van der Waals surface area (Å²) in [5, 5.41) is 11.2. The van der Waals surface area contributed by atoms with Crippen molar-refractivity contribution in [2.75, 3.05) is 9.80 Å². The lowest BCUT2D eigenvalue weighted by Gasteiger charge is -2.36. The quantitative estimate of drug-likeness (QED) is 0.137. The van der Waals surface area contributed by atoms with Gasteiger partial charge in [0.1, 0.15) is 11.2 Å². The number of hydrogen-bond acceptors (Lipinski definition) is 4. The van der Waals surface area contributed by atoms with E-state index in [0.29, 0.717) is 0 Å². The Kier molecular flexibility index (Phi) is 11.5. The maximum Gasteiger partial charge on any atom is 0.160 e. The van der Waals surface area contributed by atoms with Crippen molar-refractivity contribution in [1.29, 1.82) is 0 Å². The highest BCUT2D eigenvalue weighted by Crippen LogP contribution is 2.62. The van der Waals surface area contributed by atoms with Crippen LogP contribution in [0.2, 0.25) is 0 Å². The average Bonchev–Trinajstić information content (AvgIpc) is 1.60. The van der Waals surface area contributed by atoms with Crippen LogP contribution < -0.4 is 9.80 Å². The molecule has 2 aromatic heterocycles. The van der Waals surface area contributed by atoms with Crippen molar-refractivity contribution in [1.82, 2.24) is 0 Å². The second-order valence-corrected chi connectivity index (χ2v) is 23.4. The first-order valence-electron chi connectivity index (χ1n) is 30.6. The summed E-state index contributed by atoms with van der Waals surface area (Å²) in [7, 11) is 0. The summed E-state index contributed by atoms with van der Waals surface area (Å²) in [6.07, 6.45) is 0. The zero-order valence-corrected chi connectivity index (χ0v) is 48.4. The predicted octanol–water partition coefficient (Wildman–Crippen LogP) is 23.6. The molecule has 18 rings (SSSR count). The van der Waals surface area contributed by atoms with Gasteiger partial charge >= 0.3 is 0 Å². The Labute approximate surface area is 514 Å². The second-order valence-electron chi connectivity index (χ2n) is 23.4. The van der Waals surface area contributed by atoms with E-state index in [1.807, 2.05) is 0 Å². The fourth-order valence-electron chi connectivity index (χ4n) is 14.9. The van der Waals surface area contributed by atoms with Crippen LogP contribution in [-0.4, -0.2) is 0 Å². The fourth-order valence-corrected chi connectivity index (χ4v) is 14.9. The van der Waals surface area contributed by atoms with Gasteiger partial charge < -0.3 is 18.6 Å². The van der Waals surface area contributed by atoms with E-state index in [-0.39, 0.29) is 0 Å². The molecule has 0 saturated carbocycles. The lowest BCUT2D eigenvalue weighted by Crippen LogP contribution is -2.29. The summed E-state index contributed by atoms with van der Waals surface area (Å²) >= 11 is 0. The monoisotopic (exact) mass is 1130 g/mol. The lowest BCUT2D eigenvalue weighted by atomic mass is 9.67. The van der Waals surface area contributed by atoms with Crippen LogP contribution in [-0.2, 0) is 5.41 Å². The summed E-state index contributed by atoms with van der Waals surface area (Å²) in [4.78, 5) is 4.89. The molecule has 0 saturated heterocycles. The van der Waals surface area contributed by atoms with E-state index in [4.69, 9.17) is 8.83 Å². The van der Waals surface area contributed by atoms with Gasteiger partial charge in [0, 0.05) is 55.1 Å². The Balaban J connectivity index is 0.935. The first-order chi connectivity index (χ1) is 44.2. The van der Waals surface area contributed by atoms with E-state index < -0.39 is 5.41 Å². The second kappa shape index (κ2) is 20.2. The molecule has 0 aliphatic heterocycles. The zero-order valence-electron chi connectivity index (χ0n) is 48.4. The molecule has 0 bridgehead atoms. The van der Waals surface area contributed by atoms with Gasteiger partial charge in [-0.05, 0) is 126 Å². The Hall–Kier alpha value is -11.7. The Morgan fingerprint density at radius 2 is 0.663 bits per heavy atom. The standard InChI is InChI=1S/C85H54N2O2/c1-7-27-55(28-8-1)66-45-25-47-71-79-64-41-21-19-31-57(64)51-76(83(79)88-81(66)71)86(61-37-15-5-16-38-61)63-49-50-70-73(53-63)85(59-33-11-3-12-34-59,60-35-13-4-14-36-60)74-54-75(68-43-23-24-44-69(68)78(70)74)87(62-39-17-6-18-40-62)77-52-58-32-20-22-42-65(58)80-72-48-26-46-67(82(72)89-84(77)80)56-29-9-2-10-30-56/h1-54H. The lowest BCUT2D eigenvalue weighted by molar-refractivity contribution is 0.670. The molecule has 0 radical (unpaired) electrons. The molecular formula is C85H54N2O2. The summed E-state index contributed by atoms with van der Waals surface area (Å²) in [6.45, 7) is 0. The Bertz CT molecular complexity index is 5560. The van der Waals surface area contributed by atoms with Gasteiger partial charge in [0.15, 0.2) is 11.2 Å². The van der Waals surface area contributed by atoms with E-state index in [1.54, 1.807) is 0 Å². The van der Waals surface area contributed by atoms with Gasteiger partial charge in [-0.1, -0.05) is 273 Å². The van der Waals surface area contributed by atoms with Gasteiger partial charge in [-0.2, -0.15) is 0 Å². The van der Waals surface area contributed by atoms with Crippen LogP contribution in [0.1, 0.15) is 22.3 Å². The van der Waals surface area contributed by atoms with Crippen molar-refractivity contribution < 1.29 is 8.83 Å². The number of nitrogens with zero attached hydrogens (tertiary/aromatic N) is 2. The van der Waals surface area contributed by atoms with Crippen LogP contribution in [0.15, 0.2) is 336 Å². The third kappa shape index (κ3) is 7.67. The van der Waals surface area contributed by atoms with Crippen LogP contribution >= 0.6 is 0 Å². The Morgan fingerprint density at radius 3 is 1.18 bits per heavy atom. The summed E-state index contributed by atoms with van der Waals surface area (Å²) < 4.78 is 14.9. The van der Waals surface area contributed by atoms with Gasteiger partial charge in [-0.25, -0.2) is 0 Å². The average molecular weight is 1140 g/mol. The number of para-hydroxylation sites is 4. The highest BCUT2D eigenvalue weighted by molar-refractivity contribution is 6.26. The van der Waals surface area contributed by atoms with Crippen molar-refractivity contribution in [3.05, 3.63) is 350 Å². The van der Waals surface area contributed by atoms with Crippen LogP contribution in [0.4, 0.5) is 34.1 Å². The number of benzene rings is 15. The fraction of sp³-hybridized carbons (Fsp3) is 0.0118. The number of rotatable bonds is 10. The third-order valence-corrected chi connectivity index (χ3v) is 18.6. The molecule has 4 heteroatoms. The number of furan rings is 2. The van der Waals surface area contributed by atoms with Gasteiger partial charge in [-0.3, -0.25) is 0 Å². The molecule has 2 heterocycles. The minimum atomic E-state index is -0.835. The number of fused-ring (bicyclic) bond motifs is 15. The van der Waals surface area contributed by atoms with Crippen LogP contribution in [0.5, 0.6) is 0 Å². The highest BCUT2D eigenvalue weighted by atomic mass is 16.3. The summed E-state index contributed by atoms with van der Waals surface area (Å²) in [5.41, 5.74) is 20.0. The summed E-state index contributed by atoms with van der Waals surface area (Å²) in [5.74, 6) is 0. The van der Waals surface area contributed by atoms with Crippen molar-refractivity contribution in [2.45, 2.75) is 5.41 Å².